The predicted octanol–water partition coefficient (Wildman–Crippen LogP) is 4.78. The summed E-state index contributed by atoms with van der Waals surface area (Å²) in [6.45, 7) is 3.65. The molecule has 0 aromatic heterocycles. The van der Waals surface area contributed by atoms with Crippen LogP contribution in [0.2, 0.25) is 0 Å². The molecule has 0 aliphatic heterocycles. The fourth-order valence-electron chi connectivity index (χ4n) is 2.22. The summed E-state index contributed by atoms with van der Waals surface area (Å²) in [6.07, 6.45) is 27.3. The normalized spacial score (nSPS) is 11.7. The second-order valence-corrected chi connectivity index (χ2v) is 6.57. The Morgan fingerprint density at radius 1 is 0.724 bits per heavy atom. The highest BCUT2D eigenvalue weighted by atomic mass is 16.4. The first-order chi connectivity index (χ1) is 14.2. The first kappa shape index (κ1) is 29.5. The van der Waals surface area contributed by atoms with Crippen LogP contribution in [-0.4, -0.2) is 47.6 Å². The number of nitrogens with one attached hydrogen (secondary N) is 1. The van der Waals surface area contributed by atoms with Crippen LogP contribution in [0.1, 0.15) is 71.1 Å². The third kappa shape index (κ3) is 34.2. The van der Waals surface area contributed by atoms with Gasteiger partial charge in [0.15, 0.2) is 0 Å². The molecule has 29 heavy (non-hydrogen) atoms. The molecule has 0 amide bonds. The third-order valence-corrected chi connectivity index (χ3v) is 3.80. The van der Waals surface area contributed by atoms with Crippen molar-refractivity contribution < 1.29 is 20.1 Å². The van der Waals surface area contributed by atoms with Crippen LogP contribution in [0.3, 0.4) is 0 Å². The third-order valence-electron chi connectivity index (χ3n) is 3.80. The number of aliphatic hydroxyl groups is 2. The zero-order valence-corrected chi connectivity index (χ0v) is 18.3. The Morgan fingerprint density at radius 3 is 1.59 bits per heavy atom. The van der Waals surface area contributed by atoms with Crippen molar-refractivity contribution in [1.82, 2.24) is 5.32 Å². The van der Waals surface area contributed by atoms with Crippen LogP contribution in [0.25, 0.3) is 0 Å². The molecule has 0 rings (SSSR count). The lowest BCUT2D eigenvalue weighted by molar-refractivity contribution is -0.137. The highest BCUT2D eigenvalue weighted by molar-refractivity contribution is 5.66. The average Bonchev–Trinajstić information content (AvgIpc) is 2.71. The van der Waals surface area contributed by atoms with E-state index < -0.39 is 5.97 Å². The summed E-state index contributed by atoms with van der Waals surface area (Å²) in [6, 6.07) is 0. The molecule has 0 unspecified atom stereocenters. The van der Waals surface area contributed by atoms with Crippen LogP contribution in [0.15, 0.2) is 48.6 Å². The van der Waals surface area contributed by atoms with Gasteiger partial charge in [-0.3, -0.25) is 4.79 Å². The molecule has 5 heteroatoms. The summed E-state index contributed by atoms with van der Waals surface area (Å²) in [5.41, 5.74) is 0. The molecule has 0 aliphatic carbocycles. The summed E-state index contributed by atoms with van der Waals surface area (Å²) in [4.78, 5) is 10.3. The molecule has 0 aromatic rings. The van der Waals surface area contributed by atoms with Gasteiger partial charge in [0, 0.05) is 19.5 Å². The maximum absolute atomic E-state index is 10.3. The smallest absolute Gasteiger partial charge is 0.303 e. The molecule has 0 radical (unpaired) electrons. The highest BCUT2D eigenvalue weighted by Gasteiger charge is 1.92. The van der Waals surface area contributed by atoms with Crippen molar-refractivity contribution in [2.24, 2.45) is 0 Å². The predicted molar refractivity (Wildman–Crippen MR) is 123 cm³/mol. The zero-order valence-electron chi connectivity index (χ0n) is 18.3. The topological polar surface area (TPSA) is 89.8 Å². The van der Waals surface area contributed by atoms with E-state index >= 15 is 0 Å². The Balaban J connectivity index is 0. The van der Waals surface area contributed by atoms with E-state index in [9.17, 15) is 4.79 Å². The Bertz CT molecular complexity index is 438. The molecule has 0 spiro atoms. The van der Waals surface area contributed by atoms with E-state index in [4.69, 9.17) is 15.3 Å². The van der Waals surface area contributed by atoms with Crippen LogP contribution in [-0.2, 0) is 4.79 Å². The fraction of sp³-hybridized carbons (Fsp3) is 0.625. The Labute approximate surface area is 177 Å². The average molecular weight is 410 g/mol. The minimum Gasteiger partial charge on any atom is -0.481 e. The number of aliphatic carboxylic acids is 1. The molecular formula is C24H43NO4. The van der Waals surface area contributed by atoms with Gasteiger partial charge in [-0.25, -0.2) is 0 Å². The lowest BCUT2D eigenvalue weighted by Crippen LogP contribution is -2.21. The number of hydrogen-bond donors (Lipinski definition) is 4. The van der Waals surface area contributed by atoms with Gasteiger partial charge in [-0.15, -0.1) is 0 Å². The van der Waals surface area contributed by atoms with Gasteiger partial charge in [-0.1, -0.05) is 68.4 Å². The maximum Gasteiger partial charge on any atom is 0.303 e. The van der Waals surface area contributed by atoms with Gasteiger partial charge in [0.05, 0.1) is 13.2 Å². The zero-order chi connectivity index (χ0) is 21.8. The lowest BCUT2D eigenvalue weighted by Gasteiger charge is -1.94. The molecule has 0 aromatic carbocycles. The molecule has 168 valence electrons. The summed E-state index contributed by atoms with van der Waals surface area (Å²) < 4.78 is 0. The summed E-state index contributed by atoms with van der Waals surface area (Å²) >= 11 is 0. The monoisotopic (exact) mass is 409 g/mol. The van der Waals surface area contributed by atoms with Gasteiger partial charge >= 0.3 is 5.97 Å². The van der Waals surface area contributed by atoms with Gasteiger partial charge in [-0.2, -0.15) is 0 Å². The first-order valence-corrected chi connectivity index (χ1v) is 10.9. The number of carbonyl (C=O) groups is 1. The van der Waals surface area contributed by atoms with E-state index in [-0.39, 0.29) is 19.6 Å². The number of carboxylic acids is 1. The summed E-state index contributed by atoms with van der Waals surface area (Å²) in [7, 11) is 0. The molecule has 0 aliphatic rings. The van der Waals surface area contributed by atoms with Crippen molar-refractivity contribution in [3.63, 3.8) is 0 Å². The molecular weight excluding hydrogens is 366 g/mol. The van der Waals surface area contributed by atoms with Crippen molar-refractivity contribution in [3.8, 4) is 0 Å². The van der Waals surface area contributed by atoms with Gasteiger partial charge in [0.25, 0.3) is 0 Å². The van der Waals surface area contributed by atoms with Gasteiger partial charge in [-0.05, 0) is 44.9 Å². The number of aliphatic hydroxyl groups excluding tert-OH is 2. The minimum atomic E-state index is -0.712. The second kappa shape index (κ2) is 28.5. The molecule has 0 saturated carbocycles. The van der Waals surface area contributed by atoms with Crippen molar-refractivity contribution in [1.29, 1.82) is 0 Å². The van der Waals surface area contributed by atoms with E-state index in [1.165, 1.54) is 25.7 Å². The van der Waals surface area contributed by atoms with Crippen molar-refractivity contribution in [3.05, 3.63) is 48.6 Å². The second-order valence-electron chi connectivity index (χ2n) is 6.57. The molecule has 0 fully saturated rings. The standard InChI is InChI=1S/C20H32O2.C4H11NO2/c1-2-3-4-5-6-7-8-9-10-11-12-13-14-15-16-17-18-19-20(21)22;6-3-1-5-2-4-7/h6-7,9-10,12-13,15-16H,2-5,8,11,14,17-19H2,1H3,(H,21,22);5-7H,1-4H2/b7-6-,10-9-,13-12-,16-15-;. The van der Waals surface area contributed by atoms with E-state index in [0.717, 1.165) is 32.1 Å². The van der Waals surface area contributed by atoms with Crippen LogP contribution in [0.5, 0.6) is 0 Å². The Kier molecular flexibility index (Phi) is 29.0. The molecule has 0 atom stereocenters. The van der Waals surface area contributed by atoms with Crippen molar-refractivity contribution in [2.75, 3.05) is 26.3 Å². The number of carboxylic acid groups (broad SMARTS) is 1. The van der Waals surface area contributed by atoms with Crippen LogP contribution in [0.4, 0.5) is 0 Å². The number of rotatable bonds is 18. The molecule has 0 bridgehead atoms. The van der Waals surface area contributed by atoms with E-state index in [2.05, 4.69) is 60.8 Å². The van der Waals surface area contributed by atoms with Gasteiger partial charge in [0.2, 0.25) is 0 Å². The number of hydrogen-bond acceptors (Lipinski definition) is 4. The van der Waals surface area contributed by atoms with Crippen molar-refractivity contribution >= 4 is 5.97 Å². The number of allylic oxidation sites excluding steroid dienone is 8. The van der Waals surface area contributed by atoms with E-state index in [1.54, 1.807) is 0 Å². The van der Waals surface area contributed by atoms with Crippen molar-refractivity contribution in [2.45, 2.75) is 71.1 Å². The molecule has 0 saturated heterocycles. The Hall–Kier alpha value is -1.69. The lowest BCUT2D eigenvalue weighted by atomic mass is 10.2. The Morgan fingerprint density at radius 2 is 1.17 bits per heavy atom. The van der Waals surface area contributed by atoms with Gasteiger partial charge in [0.1, 0.15) is 0 Å². The van der Waals surface area contributed by atoms with Gasteiger partial charge < -0.3 is 20.6 Å². The van der Waals surface area contributed by atoms with Crippen LogP contribution < -0.4 is 5.32 Å². The highest BCUT2D eigenvalue weighted by Crippen LogP contribution is 2.01. The largest absolute Gasteiger partial charge is 0.481 e. The fourth-order valence-corrected chi connectivity index (χ4v) is 2.22. The summed E-state index contributed by atoms with van der Waals surface area (Å²) in [5.74, 6) is -0.712. The summed E-state index contributed by atoms with van der Waals surface area (Å²) in [5, 5.41) is 27.6. The molecule has 0 heterocycles. The number of unbranched alkanes of at least 4 members (excludes halogenated alkanes) is 4. The van der Waals surface area contributed by atoms with E-state index in [1.807, 2.05) is 0 Å². The SMILES string of the molecule is CCCCC/C=C\C/C=C\C/C=C\C/C=C\CCCC(=O)O.OCCNCCO. The molecule has 5 nitrogen and oxygen atoms in total. The quantitative estimate of drug-likeness (QED) is 0.193. The first-order valence-electron chi connectivity index (χ1n) is 10.9. The van der Waals surface area contributed by atoms with E-state index in [0.29, 0.717) is 13.1 Å². The maximum atomic E-state index is 10.3. The minimum absolute atomic E-state index is 0.139. The molecule has 4 N–H and O–H groups in total. The van der Waals surface area contributed by atoms with Crippen LogP contribution in [0, 0.1) is 0 Å². The van der Waals surface area contributed by atoms with Crippen LogP contribution >= 0.6 is 0 Å².